The number of amides is 1. The molecule has 0 spiro atoms. The van der Waals surface area contributed by atoms with Crippen LogP contribution in [-0.2, 0) is 11.3 Å². The Morgan fingerprint density at radius 2 is 2.18 bits per heavy atom. The molecule has 3 rings (SSSR count). The van der Waals surface area contributed by atoms with Gasteiger partial charge in [-0.2, -0.15) is 0 Å². The van der Waals surface area contributed by atoms with Gasteiger partial charge in [0.05, 0.1) is 15.0 Å². The molecule has 0 radical (unpaired) electrons. The number of halogens is 1. The number of anilines is 1. The highest BCUT2D eigenvalue weighted by Crippen LogP contribution is 2.27. The molecule has 2 aromatic rings. The number of hydrogen-bond acceptors (Lipinski definition) is 2. The Kier molecular flexibility index (Phi) is 2.57. The SMILES string of the molecule is CN1C(=O)C(I)CCn2c1nc1ccccc12. The molecular weight excluding hydrogens is 329 g/mol. The molecule has 2 heterocycles. The van der Waals surface area contributed by atoms with Crippen LogP contribution in [0.2, 0.25) is 0 Å². The van der Waals surface area contributed by atoms with Gasteiger partial charge in [-0.15, -0.1) is 0 Å². The number of alkyl halides is 1. The van der Waals surface area contributed by atoms with Gasteiger partial charge in [-0.25, -0.2) is 4.98 Å². The minimum atomic E-state index is 0.0399. The number of hydrogen-bond donors (Lipinski definition) is 0. The first-order valence-corrected chi connectivity index (χ1v) is 6.80. The first kappa shape index (κ1) is 11.0. The fourth-order valence-corrected chi connectivity index (χ4v) is 2.91. The Hall–Kier alpha value is -1.11. The summed E-state index contributed by atoms with van der Waals surface area (Å²) in [6.45, 7) is 0.847. The van der Waals surface area contributed by atoms with E-state index in [2.05, 4.69) is 38.2 Å². The molecule has 0 fully saturated rings. The second-order valence-electron chi connectivity index (χ2n) is 4.21. The molecule has 4 nitrogen and oxygen atoms in total. The highest BCUT2D eigenvalue weighted by Gasteiger charge is 2.28. The van der Waals surface area contributed by atoms with Crippen LogP contribution in [-0.4, -0.2) is 26.4 Å². The van der Waals surface area contributed by atoms with Crippen molar-refractivity contribution in [2.24, 2.45) is 0 Å². The molecule has 88 valence electrons. The summed E-state index contributed by atoms with van der Waals surface area (Å²) in [7, 11) is 1.80. The summed E-state index contributed by atoms with van der Waals surface area (Å²) in [6, 6.07) is 8.01. The molecule has 0 bridgehead atoms. The largest absolute Gasteiger partial charge is 0.310 e. The van der Waals surface area contributed by atoms with Gasteiger partial charge < -0.3 is 4.57 Å². The number of benzene rings is 1. The molecule has 1 unspecified atom stereocenters. The number of rotatable bonds is 0. The number of aryl methyl sites for hydroxylation is 1. The van der Waals surface area contributed by atoms with Crippen LogP contribution in [0.4, 0.5) is 5.95 Å². The lowest BCUT2D eigenvalue weighted by atomic mass is 10.3. The average Bonchev–Trinajstić information content (AvgIpc) is 2.68. The van der Waals surface area contributed by atoms with Crippen molar-refractivity contribution in [1.82, 2.24) is 9.55 Å². The third-order valence-corrected chi connectivity index (χ3v) is 4.29. The van der Waals surface area contributed by atoms with Gasteiger partial charge in [0.15, 0.2) is 0 Å². The van der Waals surface area contributed by atoms with Gasteiger partial charge in [0.1, 0.15) is 0 Å². The van der Waals surface area contributed by atoms with E-state index in [0.29, 0.717) is 0 Å². The van der Waals surface area contributed by atoms with Gasteiger partial charge in [-0.1, -0.05) is 34.7 Å². The number of carbonyl (C=O) groups excluding carboxylic acids is 1. The van der Waals surface area contributed by atoms with Gasteiger partial charge in [0.25, 0.3) is 0 Å². The monoisotopic (exact) mass is 341 g/mol. The van der Waals surface area contributed by atoms with Crippen LogP contribution >= 0.6 is 22.6 Å². The zero-order valence-corrected chi connectivity index (χ0v) is 11.6. The first-order valence-electron chi connectivity index (χ1n) is 5.55. The fraction of sp³-hybridized carbons (Fsp3) is 0.333. The van der Waals surface area contributed by atoms with E-state index in [-0.39, 0.29) is 9.83 Å². The van der Waals surface area contributed by atoms with Gasteiger partial charge in [-0.05, 0) is 18.6 Å². The van der Waals surface area contributed by atoms with Crippen molar-refractivity contribution < 1.29 is 4.79 Å². The number of imidazole rings is 1. The highest BCUT2D eigenvalue weighted by atomic mass is 127. The standard InChI is InChI=1S/C12H12IN3O/c1-15-11(17)8(13)6-7-16-10-5-3-2-4-9(10)14-12(15)16/h2-5,8H,6-7H2,1H3. The number of aromatic nitrogens is 2. The summed E-state index contributed by atoms with van der Waals surface area (Å²) >= 11 is 2.21. The maximum Gasteiger partial charge on any atom is 0.242 e. The van der Waals surface area contributed by atoms with Crippen LogP contribution in [0.15, 0.2) is 24.3 Å². The lowest BCUT2D eigenvalue weighted by molar-refractivity contribution is -0.117. The second kappa shape index (κ2) is 3.97. The van der Waals surface area contributed by atoms with Gasteiger partial charge >= 0.3 is 0 Å². The van der Waals surface area contributed by atoms with Crippen LogP contribution in [0.3, 0.4) is 0 Å². The summed E-state index contributed by atoms with van der Waals surface area (Å²) < 4.78 is 2.17. The molecule has 1 aliphatic heterocycles. The van der Waals surface area contributed by atoms with E-state index in [1.54, 1.807) is 11.9 Å². The number of fused-ring (bicyclic) bond motifs is 3. The lowest BCUT2D eigenvalue weighted by Gasteiger charge is -2.15. The Balaban J connectivity index is 2.23. The normalized spacial score (nSPS) is 20.5. The van der Waals surface area contributed by atoms with Crippen molar-refractivity contribution in [3.63, 3.8) is 0 Å². The van der Waals surface area contributed by atoms with E-state index in [1.165, 1.54) is 0 Å². The topological polar surface area (TPSA) is 38.1 Å². The molecule has 1 aromatic carbocycles. The Morgan fingerprint density at radius 1 is 1.41 bits per heavy atom. The summed E-state index contributed by atoms with van der Waals surface area (Å²) in [5, 5.41) is 0. The fourth-order valence-electron chi connectivity index (χ4n) is 2.21. The van der Waals surface area contributed by atoms with Crippen molar-refractivity contribution in [3.8, 4) is 0 Å². The average molecular weight is 341 g/mol. The van der Waals surface area contributed by atoms with Crippen molar-refractivity contribution in [1.29, 1.82) is 0 Å². The molecule has 17 heavy (non-hydrogen) atoms. The van der Waals surface area contributed by atoms with E-state index in [4.69, 9.17) is 0 Å². The molecule has 5 heteroatoms. The summed E-state index contributed by atoms with van der Waals surface area (Å²) in [5.74, 6) is 0.898. The first-order chi connectivity index (χ1) is 8.18. The number of para-hydroxylation sites is 2. The van der Waals surface area contributed by atoms with Gasteiger partial charge in [0.2, 0.25) is 11.9 Å². The van der Waals surface area contributed by atoms with Crippen molar-refractivity contribution in [3.05, 3.63) is 24.3 Å². The minimum Gasteiger partial charge on any atom is -0.310 e. The zero-order chi connectivity index (χ0) is 12.0. The van der Waals surface area contributed by atoms with Crippen LogP contribution in [0.5, 0.6) is 0 Å². The Labute approximate surface area is 113 Å². The molecule has 0 aliphatic carbocycles. The van der Waals surface area contributed by atoms with Crippen molar-refractivity contribution in [2.45, 2.75) is 16.9 Å². The van der Waals surface area contributed by atoms with Crippen molar-refractivity contribution in [2.75, 3.05) is 11.9 Å². The van der Waals surface area contributed by atoms with Gasteiger partial charge in [0, 0.05) is 13.6 Å². The van der Waals surface area contributed by atoms with E-state index in [0.717, 1.165) is 29.9 Å². The predicted octanol–water partition coefficient (Wildman–Crippen LogP) is 2.21. The molecule has 0 saturated carbocycles. The number of carbonyl (C=O) groups is 1. The maximum atomic E-state index is 12.0. The molecule has 1 aromatic heterocycles. The van der Waals surface area contributed by atoms with E-state index >= 15 is 0 Å². The minimum absolute atomic E-state index is 0.0399. The summed E-state index contributed by atoms with van der Waals surface area (Å²) in [5.41, 5.74) is 2.06. The van der Waals surface area contributed by atoms with E-state index in [9.17, 15) is 4.79 Å². The summed E-state index contributed by atoms with van der Waals surface area (Å²) in [4.78, 5) is 18.3. The Bertz CT molecular complexity index is 592. The molecule has 1 atom stereocenters. The van der Waals surface area contributed by atoms with Crippen molar-refractivity contribution >= 4 is 45.5 Å². The second-order valence-corrected chi connectivity index (χ2v) is 5.71. The highest BCUT2D eigenvalue weighted by molar-refractivity contribution is 14.1. The third kappa shape index (κ3) is 1.64. The lowest BCUT2D eigenvalue weighted by Crippen LogP contribution is -2.32. The molecule has 0 saturated heterocycles. The zero-order valence-electron chi connectivity index (χ0n) is 9.43. The van der Waals surface area contributed by atoms with E-state index < -0.39 is 0 Å². The maximum absolute atomic E-state index is 12.0. The molecular formula is C12H12IN3O. The van der Waals surface area contributed by atoms with Gasteiger partial charge in [-0.3, -0.25) is 9.69 Å². The molecule has 0 N–H and O–H groups in total. The molecule has 1 aliphatic rings. The smallest absolute Gasteiger partial charge is 0.242 e. The third-order valence-electron chi connectivity index (χ3n) is 3.14. The summed E-state index contributed by atoms with van der Waals surface area (Å²) in [6.07, 6.45) is 0.858. The Morgan fingerprint density at radius 3 is 3.00 bits per heavy atom. The predicted molar refractivity (Wildman–Crippen MR) is 75.6 cm³/mol. The van der Waals surface area contributed by atoms with Crippen LogP contribution < -0.4 is 4.90 Å². The molecule has 1 amide bonds. The number of nitrogens with zero attached hydrogens (tertiary/aromatic N) is 3. The van der Waals surface area contributed by atoms with E-state index in [1.807, 2.05) is 18.2 Å². The van der Waals surface area contributed by atoms with Crippen LogP contribution in [0.1, 0.15) is 6.42 Å². The quantitative estimate of drug-likeness (QED) is 0.544. The van der Waals surface area contributed by atoms with Crippen LogP contribution in [0, 0.1) is 0 Å². The van der Waals surface area contributed by atoms with Crippen LogP contribution in [0.25, 0.3) is 11.0 Å².